The van der Waals surface area contributed by atoms with Crippen LogP contribution in [0.5, 0.6) is 0 Å². The first-order valence-electron chi connectivity index (χ1n) is 6.15. The average Bonchev–Trinajstić information content (AvgIpc) is 2.39. The molecule has 1 fully saturated rings. The molecule has 0 aromatic heterocycles. The van der Waals surface area contributed by atoms with Crippen molar-refractivity contribution >= 4 is 23.0 Å². The van der Waals surface area contributed by atoms with Crippen molar-refractivity contribution in [3.8, 4) is 0 Å². The molecule has 1 N–H and O–H groups in total. The number of hydrogen-bond donors (Lipinski definition) is 1. The molecule has 2 rings (SSSR count). The van der Waals surface area contributed by atoms with Gasteiger partial charge in [0.25, 0.3) is 5.69 Å². The lowest BCUT2D eigenvalue weighted by atomic mass is 10.2. The number of morpholine rings is 1. The molecule has 0 bridgehead atoms. The maximum atomic E-state index is 13.3. The van der Waals surface area contributed by atoms with Gasteiger partial charge in [0.2, 0.25) is 0 Å². The molecule has 0 radical (unpaired) electrons. The number of nitrogens with zero attached hydrogens (tertiary/aromatic N) is 2. The van der Waals surface area contributed by atoms with Gasteiger partial charge in [0.15, 0.2) is 0 Å². The SMILES string of the molecule is CN1CCOC(CNc2cc(Cl)c(F)cc2[N+](=O)[O-])C1. The Labute approximate surface area is 120 Å². The standard InChI is InChI=1S/C12H15ClFN3O3/c1-16-2-3-20-8(7-16)6-15-11-4-9(13)10(14)5-12(11)17(18)19/h4-5,8,15H,2-3,6-7H2,1H3. The Bertz CT molecular complexity index is 515. The van der Waals surface area contributed by atoms with Crippen LogP contribution in [0.1, 0.15) is 0 Å². The first-order valence-corrected chi connectivity index (χ1v) is 6.52. The number of nitrogens with one attached hydrogen (secondary N) is 1. The number of ether oxygens (including phenoxy) is 1. The quantitative estimate of drug-likeness (QED) is 0.682. The Hall–Kier alpha value is -1.44. The van der Waals surface area contributed by atoms with Crippen LogP contribution in [0, 0.1) is 15.9 Å². The van der Waals surface area contributed by atoms with Crippen LogP contribution in [0.25, 0.3) is 0 Å². The van der Waals surface area contributed by atoms with Crippen molar-refractivity contribution in [1.29, 1.82) is 0 Å². The molecule has 1 saturated heterocycles. The third-order valence-corrected chi connectivity index (χ3v) is 3.39. The largest absolute Gasteiger partial charge is 0.377 e. The number of nitro groups is 1. The molecule has 110 valence electrons. The lowest BCUT2D eigenvalue weighted by Crippen LogP contribution is -2.43. The molecule has 1 unspecified atom stereocenters. The van der Waals surface area contributed by atoms with E-state index in [2.05, 4.69) is 10.2 Å². The number of benzene rings is 1. The van der Waals surface area contributed by atoms with Crippen molar-refractivity contribution in [2.45, 2.75) is 6.10 Å². The van der Waals surface area contributed by atoms with Gasteiger partial charge in [0, 0.05) is 19.6 Å². The molecule has 0 amide bonds. The highest BCUT2D eigenvalue weighted by Crippen LogP contribution is 2.30. The third-order valence-electron chi connectivity index (χ3n) is 3.10. The molecule has 1 atom stereocenters. The van der Waals surface area contributed by atoms with E-state index in [1.54, 1.807) is 0 Å². The van der Waals surface area contributed by atoms with Crippen LogP contribution >= 0.6 is 11.6 Å². The van der Waals surface area contributed by atoms with E-state index in [4.69, 9.17) is 16.3 Å². The van der Waals surface area contributed by atoms with Crippen LogP contribution in [0.2, 0.25) is 5.02 Å². The van der Waals surface area contributed by atoms with Gasteiger partial charge in [0.1, 0.15) is 11.5 Å². The predicted octanol–water partition coefficient (Wildman–Crippen LogP) is 2.13. The van der Waals surface area contributed by atoms with E-state index in [1.807, 2.05) is 7.05 Å². The van der Waals surface area contributed by atoms with Crippen LogP contribution in [0.4, 0.5) is 15.8 Å². The van der Waals surface area contributed by atoms with Crippen LogP contribution in [-0.4, -0.2) is 49.2 Å². The molecule has 1 aliphatic heterocycles. The fraction of sp³-hybridized carbons (Fsp3) is 0.500. The second-order valence-electron chi connectivity index (χ2n) is 4.68. The van der Waals surface area contributed by atoms with Gasteiger partial charge >= 0.3 is 0 Å². The molecule has 1 aromatic rings. The first-order chi connectivity index (χ1) is 9.47. The summed E-state index contributed by atoms with van der Waals surface area (Å²) in [6, 6.07) is 2.04. The van der Waals surface area contributed by atoms with E-state index in [9.17, 15) is 14.5 Å². The Morgan fingerprint density at radius 2 is 2.40 bits per heavy atom. The maximum Gasteiger partial charge on any atom is 0.295 e. The molecular formula is C12H15ClFN3O3. The second kappa shape index (κ2) is 6.34. The van der Waals surface area contributed by atoms with E-state index in [1.165, 1.54) is 6.07 Å². The van der Waals surface area contributed by atoms with Gasteiger partial charge in [0.05, 0.1) is 28.7 Å². The fourth-order valence-electron chi connectivity index (χ4n) is 2.04. The van der Waals surface area contributed by atoms with Crippen molar-refractivity contribution in [3.05, 3.63) is 33.1 Å². The Morgan fingerprint density at radius 3 is 3.05 bits per heavy atom. The monoisotopic (exact) mass is 303 g/mol. The lowest BCUT2D eigenvalue weighted by Gasteiger charge is -2.30. The van der Waals surface area contributed by atoms with Crippen molar-refractivity contribution in [3.63, 3.8) is 0 Å². The zero-order valence-electron chi connectivity index (χ0n) is 10.9. The van der Waals surface area contributed by atoms with Gasteiger partial charge in [-0.05, 0) is 13.1 Å². The normalized spacial score (nSPS) is 19.9. The van der Waals surface area contributed by atoms with Crippen LogP contribution in [0.3, 0.4) is 0 Å². The van der Waals surface area contributed by atoms with Gasteiger partial charge in [-0.2, -0.15) is 0 Å². The van der Waals surface area contributed by atoms with Gasteiger partial charge in [-0.25, -0.2) is 4.39 Å². The predicted molar refractivity (Wildman–Crippen MR) is 73.8 cm³/mol. The van der Waals surface area contributed by atoms with Crippen molar-refractivity contribution in [2.24, 2.45) is 0 Å². The van der Waals surface area contributed by atoms with E-state index >= 15 is 0 Å². The zero-order chi connectivity index (χ0) is 14.7. The summed E-state index contributed by atoms with van der Waals surface area (Å²) >= 11 is 5.66. The van der Waals surface area contributed by atoms with E-state index in [0.29, 0.717) is 13.2 Å². The average molecular weight is 304 g/mol. The highest BCUT2D eigenvalue weighted by atomic mass is 35.5. The van der Waals surface area contributed by atoms with E-state index < -0.39 is 10.7 Å². The van der Waals surface area contributed by atoms with Crippen LogP contribution in [-0.2, 0) is 4.74 Å². The number of hydrogen-bond acceptors (Lipinski definition) is 5. The maximum absolute atomic E-state index is 13.3. The zero-order valence-corrected chi connectivity index (χ0v) is 11.7. The lowest BCUT2D eigenvalue weighted by molar-refractivity contribution is -0.384. The fourth-order valence-corrected chi connectivity index (χ4v) is 2.21. The highest BCUT2D eigenvalue weighted by Gasteiger charge is 2.21. The van der Waals surface area contributed by atoms with Gasteiger partial charge in [-0.1, -0.05) is 11.6 Å². The molecule has 1 heterocycles. The second-order valence-corrected chi connectivity index (χ2v) is 5.08. The Kier molecular flexibility index (Phi) is 4.74. The van der Waals surface area contributed by atoms with Crippen molar-refractivity contribution < 1.29 is 14.1 Å². The molecule has 8 heteroatoms. The number of likely N-dealkylation sites (N-methyl/N-ethyl adjacent to an activating group) is 1. The van der Waals surface area contributed by atoms with Crippen LogP contribution < -0.4 is 5.32 Å². The summed E-state index contributed by atoms with van der Waals surface area (Å²) in [6.07, 6.45) is -0.0721. The van der Waals surface area contributed by atoms with Gasteiger partial charge in [-0.15, -0.1) is 0 Å². The van der Waals surface area contributed by atoms with E-state index in [0.717, 1.165) is 19.2 Å². The number of rotatable bonds is 4. The smallest absolute Gasteiger partial charge is 0.295 e. The third kappa shape index (κ3) is 3.56. The number of halogens is 2. The molecule has 6 nitrogen and oxygen atoms in total. The van der Waals surface area contributed by atoms with Crippen molar-refractivity contribution in [1.82, 2.24) is 4.90 Å². The number of anilines is 1. The molecule has 0 spiro atoms. The molecule has 0 aliphatic carbocycles. The summed E-state index contributed by atoms with van der Waals surface area (Å²) in [5, 5.41) is 13.7. The summed E-state index contributed by atoms with van der Waals surface area (Å²) in [7, 11) is 1.98. The van der Waals surface area contributed by atoms with E-state index in [-0.39, 0.29) is 22.5 Å². The minimum atomic E-state index is -0.808. The molecule has 20 heavy (non-hydrogen) atoms. The summed E-state index contributed by atoms with van der Waals surface area (Å²) < 4.78 is 18.8. The number of nitro benzene ring substituents is 1. The summed E-state index contributed by atoms with van der Waals surface area (Å²) in [5.74, 6) is -0.808. The molecular weight excluding hydrogens is 289 g/mol. The van der Waals surface area contributed by atoms with Crippen LogP contribution in [0.15, 0.2) is 12.1 Å². The minimum Gasteiger partial charge on any atom is -0.377 e. The summed E-state index contributed by atoms with van der Waals surface area (Å²) in [5.41, 5.74) is -0.144. The Balaban J connectivity index is 2.08. The minimum absolute atomic E-state index is 0.0721. The Morgan fingerprint density at radius 1 is 1.65 bits per heavy atom. The van der Waals surface area contributed by atoms with Crippen molar-refractivity contribution in [2.75, 3.05) is 38.6 Å². The summed E-state index contributed by atoms with van der Waals surface area (Å²) in [6.45, 7) is 2.61. The first kappa shape index (κ1) is 15.0. The molecule has 0 saturated carbocycles. The summed E-state index contributed by atoms with van der Waals surface area (Å²) in [4.78, 5) is 12.4. The highest BCUT2D eigenvalue weighted by molar-refractivity contribution is 6.31. The molecule has 1 aromatic carbocycles. The van der Waals surface area contributed by atoms with Gasteiger partial charge in [-0.3, -0.25) is 10.1 Å². The topological polar surface area (TPSA) is 67.6 Å². The van der Waals surface area contributed by atoms with Gasteiger partial charge < -0.3 is 15.0 Å². The molecule has 1 aliphatic rings.